The Hall–Kier alpha value is -1.32. The number of carbonyl (C=O) groups excluding carboxylic acids is 1. The van der Waals surface area contributed by atoms with Crippen LogP contribution in [-0.2, 0) is 9.59 Å². The van der Waals surface area contributed by atoms with Crippen LogP contribution >= 0.6 is 0 Å². The van der Waals surface area contributed by atoms with E-state index in [1.54, 1.807) is 0 Å². The minimum absolute atomic E-state index is 0.0810. The van der Waals surface area contributed by atoms with Crippen molar-refractivity contribution in [3.63, 3.8) is 0 Å². The van der Waals surface area contributed by atoms with Gasteiger partial charge in [0.25, 0.3) is 0 Å². The topological polar surface area (TPSA) is 80.4 Å². The highest BCUT2D eigenvalue weighted by atomic mass is 16.4. The zero-order valence-corrected chi connectivity index (χ0v) is 4.76. The Kier molecular flexibility index (Phi) is 2.44. The third-order valence-corrected chi connectivity index (χ3v) is 0.713. The third-order valence-electron chi connectivity index (χ3n) is 0.713. The van der Waals surface area contributed by atoms with Crippen molar-refractivity contribution in [3.05, 3.63) is 12.2 Å². The molecule has 0 saturated carbocycles. The predicted octanol–water partition coefficient (Wildman–Crippen LogP) is -0.497. The van der Waals surface area contributed by atoms with Gasteiger partial charge in [0.2, 0.25) is 5.91 Å². The molecule has 0 spiro atoms. The van der Waals surface area contributed by atoms with Gasteiger partial charge in [0, 0.05) is 5.57 Å². The van der Waals surface area contributed by atoms with Gasteiger partial charge in [-0.1, -0.05) is 6.58 Å². The van der Waals surface area contributed by atoms with Gasteiger partial charge in [0.05, 0.1) is 6.42 Å². The molecule has 0 aliphatic heterocycles. The van der Waals surface area contributed by atoms with Gasteiger partial charge in [-0.05, 0) is 0 Å². The molecule has 4 nitrogen and oxygen atoms in total. The number of hydrogen-bond acceptors (Lipinski definition) is 2. The van der Waals surface area contributed by atoms with Crippen molar-refractivity contribution in [3.8, 4) is 0 Å². The quantitative estimate of drug-likeness (QED) is 0.504. The molecule has 4 heteroatoms. The third kappa shape index (κ3) is 3.28. The van der Waals surface area contributed by atoms with Crippen LogP contribution in [-0.4, -0.2) is 17.0 Å². The van der Waals surface area contributed by atoms with Crippen molar-refractivity contribution in [2.75, 3.05) is 0 Å². The van der Waals surface area contributed by atoms with Crippen LogP contribution in [0.5, 0.6) is 0 Å². The van der Waals surface area contributed by atoms with Gasteiger partial charge in [0.15, 0.2) is 0 Å². The predicted molar refractivity (Wildman–Crippen MR) is 30.6 cm³/mol. The number of aliphatic carboxylic acids is 1. The molecule has 0 radical (unpaired) electrons. The van der Waals surface area contributed by atoms with Crippen LogP contribution < -0.4 is 5.73 Å². The monoisotopic (exact) mass is 129 g/mol. The summed E-state index contributed by atoms with van der Waals surface area (Å²) < 4.78 is 0. The molecule has 3 N–H and O–H groups in total. The summed E-state index contributed by atoms with van der Waals surface area (Å²) >= 11 is 0. The number of nitrogens with two attached hydrogens (primary N) is 1. The molecule has 0 saturated heterocycles. The minimum Gasteiger partial charge on any atom is -0.481 e. The lowest BCUT2D eigenvalue weighted by Crippen LogP contribution is -2.15. The van der Waals surface area contributed by atoms with Crippen molar-refractivity contribution in [1.29, 1.82) is 0 Å². The van der Waals surface area contributed by atoms with Gasteiger partial charge >= 0.3 is 5.97 Å². The van der Waals surface area contributed by atoms with E-state index in [-0.39, 0.29) is 12.0 Å². The van der Waals surface area contributed by atoms with Gasteiger partial charge in [-0.3, -0.25) is 9.59 Å². The molecule has 0 aliphatic carbocycles. The summed E-state index contributed by atoms with van der Waals surface area (Å²) in [5, 5.41) is 8.06. The van der Waals surface area contributed by atoms with Crippen LogP contribution in [0, 0.1) is 0 Å². The van der Waals surface area contributed by atoms with Crippen LogP contribution in [0.1, 0.15) is 6.42 Å². The maximum Gasteiger partial charge on any atom is 0.308 e. The SMILES string of the molecule is C=C(CC(=O)O)C(N)=O. The van der Waals surface area contributed by atoms with E-state index in [1.165, 1.54) is 0 Å². The zero-order valence-electron chi connectivity index (χ0n) is 4.76. The van der Waals surface area contributed by atoms with Crippen LogP contribution in [0.2, 0.25) is 0 Å². The van der Waals surface area contributed by atoms with E-state index in [0.29, 0.717) is 0 Å². The van der Waals surface area contributed by atoms with Gasteiger partial charge in [0.1, 0.15) is 0 Å². The molecule has 50 valence electrons. The summed E-state index contributed by atoms with van der Waals surface area (Å²) in [6.45, 7) is 3.14. The van der Waals surface area contributed by atoms with E-state index in [2.05, 4.69) is 12.3 Å². The normalized spacial score (nSPS) is 8.44. The lowest BCUT2D eigenvalue weighted by Gasteiger charge is -1.92. The Morgan fingerprint density at radius 1 is 1.56 bits per heavy atom. The van der Waals surface area contributed by atoms with Gasteiger partial charge in [-0.2, -0.15) is 0 Å². The number of primary amides is 1. The van der Waals surface area contributed by atoms with Gasteiger partial charge in [-0.25, -0.2) is 0 Å². The summed E-state index contributed by atoms with van der Waals surface area (Å²) in [7, 11) is 0. The van der Waals surface area contributed by atoms with Crippen LogP contribution in [0.4, 0.5) is 0 Å². The summed E-state index contributed by atoms with van der Waals surface area (Å²) in [4.78, 5) is 19.9. The summed E-state index contributed by atoms with van der Waals surface area (Å²) in [5.41, 5.74) is 4.60. The van der Waals surface area contributed by atoms with Gasteiger partial charge < -0.3 is 10.8 Å². The molecule has 0 aromatic heterocycles. The molecule has 0 rings (SSSR count). The second kappa shape index (κ2) is 2.86. The molecule has 0 aromatic carbocycles. The number of amides is 1. The average Bonchev–Trinajstić information content (AvgIpc) is 1.63. The standard InChI is InChI=1S/C5H7NO3/c1-3(5(6)9)2-4(7)8/h1-2H2,(H2,6,9)(H,7,8). The van der Waals surface area contributed by atoms with E-state index in [1.807, 2.05) is 0 Å². The zero-order chi connectivity index (χ0) is 7.44. The smallest absolute Gasteiger partial charge is 0.308 e. The Labute approximate surface area is 52.0 Å². The maximum absolute atomic E-state index is 10.1. The first kappa shape index (κ1) is 7.68. The average molecular weight is 129 g/mol. The lowest BCUT2D eigenvalue weighted by atomic mass is 10.2. The Morgan fingerprint density at radius 3 is 2.11 bits per heavy atom. The molecule has 1 amide bonds. The fourth-order valence-corrected chi connectivity index (χ4v) is 0.270. The number of rotatable bonds is 3. The highest BCUT2D eigenvalue weighted by Gasteiger charge is 2.05. The van der Waals surface area contributed by atoms with Crippen molar-refractivity contribution in [2.24, 2.45) is 5.73 Å². The van der Waals surface area contributed by atoms with Crippen LogP contribution in [0.3, 0.4) is 0 Å². The Morgan fingerprint density at radius 2 is 2.00 bits per heavy atom. The number of carboxylic acid groups (broad SMARTS) is 1. The summed E-state index contributed by atoms with van der Waals surface area (Å²) in [5.74, 6) is -1.86. The van der Waals surface area contributed by atoms with E-state index in [9.17, 15) is 9.59 Å². The van der Waals surface area contributed by atoms with E-state index in [0.717, 1.165) is 0 Å². The van der Waals surface area contributed by atoms with Crippen molar-refractivity contribution < 1.29 is 14.7 Å². The highest BCUT2D eigenvalue weighted by Crippen LogP contribution is 1.94. The molecule has 9 heavy (non-hydrogen) atoms. The molecule has 0 aromatic rings. The highest BCUT2D eigenvalue weighted by molar-refractivity contribution is 5.95. The summed E-state index contributed by atoms with van der Waals surface area (Å²) in [6, 6.07) is 0. The van der Waals surface area contributed by atoms with Gasteiger partial charge in [-0.15, -0.1) is 0 Å². The molecule has 0 unspecified atom stereocenters. The first-order valence-corrected chi connectivity index (χ1v) is 2.23. The molecule has 0 aliphatic rings. The molecular weight excluding hydrogens is 122 g/mol. The molecule has 0 atom stereocenters. The lowest BCUT2D eigenvalue weighted by molar-refractivity contribution is -0.136. The fraction of sp³-hybridized carbons (Fsp3) is 0.200. The number of carbonyl (C=O) groups is 2. The van der Waals surface area contributed by atoms with Crippen LogP contribution in [0.25, 0.3) is 0 Å². The Balaban J connectivity index is 3.79. The van der Waals surface area contributed by atoms with E-state index >= 15 is 0 Å². The second-order valence-corrected chi connectivity index (χ2v) is 1.54. The van der Waals surface area contributed by atoms with Crippen molar-refractivity contribution in [1.82, 2.24) is 0 Å². The number of hydrogen-bond donors (Lipinski definition) is 2. The van der Waals surface area contributed by atoms with Crippen molar-refractivity contribution >= 4 is 11.9 Å². The Bertz CT molecular complexity index is 162. The van der Waals surface area contributed by atoms with E-state index < -0.39 is 11.9 Å². The van der Waals surface area contributed by atoms with Crippen molar-refractivity contribution in [2.45, 2.75) is 6.42 Å². The minimum atomic E-state index is -1.10. The first-order valence-electron chi connectivity index (χ1n) is 2.23. The van der Waals surface area contributed by atoms with E-state index in [4.69, 9.17) is 5.11 Å². The second-order valence-electron chi connectivity index (χ2n) is 1.54. The molecule has 0 heterocycles. The largest absolute Gasteiger partial charge is 0.481 e. The maximum atomic E-state index is 10.1. The summed E-state index contributed by atoms with van der Waals surface area (Å²) in [6.07, 6.45) is -0.380. The molecular formula is C5H7NO3. The molecule has 0 fully saturated rings. The molecule has 0 bridgehead atoms. The first-order chi connectivity index (χ1) is 4.04. The fourth-order valence-electron chi connectivity index (χ4n) is 0.270. The van der Waals surface area contributed by atoms with Crippen LogP contribution in [0.15, 0.2) is 12.2 Å². The number of carboxylic acids is 1.